The number of methoxy groups -OCH3 is 1. The maximum absolute atomic E-state index is 10.8. The highest BCUT2D eigenvalue weighted by Crippen LogP contribution is 2.00. The van der Waals surface area contributed by atoms with Crippen LogP contribution < -0.4 is 4.57 Å². The zero-order valence-electron chi connectivity index (χ0n) is 5.95. The highest BCUT2D eigenvalue weighted by atomic mass is 35.5. The molecule has 4 heteroatoms. The Bertz CT molecular complexity index is 275. The summed E-state index contributed by atoms with van der Waals surface area (Å²) in [5.41, 5.74) is 0. The van der Waals surface area contributed by atoms with Crippen LogP contribution in [0.1, 0.15) is 0 Å². The van der Waals surface area contributed by atoms with Crippen molar-refractivity contribution in [3.63, 3.8) is 0 Å². The molecule has 0 N–H and O–H groups in total. The van der Waals surface area contributed by atoms with Crippen LogP contribution in [0.25, 0.3) is 0 Å². The van der Waals surface area contributed by atoms with Gasteiger partial charge in [0.25, 0.3) is 0 Å². The molecule has 58 valence electrons. The van der Waals surface area contributed by atoms with E-state index in [9.17, 15) is 4.79 Å². The molecular formula is C7H7ClNO2+. The van der Waals surface area contributed by atoms with Crippen LogP contribution >= 0.6 is 11.6 Å². The third kappa shape index (κ3) is 1.91. The Morgan fingerprint density at radius 1 is 1.73 bits per heavy atom. The van der Waals surface area contributed by atoms with E-state index in [0.29, 0.717) is 5.02 Å². The molecule has 0 atom stereocenters. The molecule has 1 heterocycles. The number of carbonyl (C=O) groups is 1. The smallest absolute Gasteiger partial charge is 0.415 e. The third-order valence-electron chi connectivity index (χ3n) is 1.15. The van der Waals surface area contributed by atoms with E-state index in [2.05, 4.69) is 4.74 Å². The van der Waals surface area contributed by atoms with Crippen LogP contribution in [0.2, 0.25) is 5.02 Å². The normalized spacial score (nSPS) is 9.27. The minimum Gasteiger partial charge on any atom is -0.415 e. The Labute approximate surface area is 69.2 Å². The van der Waals surface area contributed by atoms with E-state index >= 15 is 0 Å². The second-order valence-electron chi connectivity index (χ2n) is 1.90. The Balaban J connectivity index is 2.96. The lowest BCUT2D eigenvalue weighted by molar-refractivity contribution is -0.585. The van der Waals surface area contributed by atoms with Crippen LogP contribution in [0.3, 0.4) is 0 Å². The number of hydrogen-bond donors (Lipinski definition) is 0. The number of pyridine rings is 1. The van der Waals surface area contributed by atoms with Gasteiger partial charge in [0.1, 0.15) is 5.02 Å². The highest BCUT2D eigenvalue weighted by Gasteiger charge is 2.13. The summed E-state index contributed by atoms with van der Waals surface area (Å²) in [7, 11) is 1.32. The molecule has 0 fully saturated rings. The molecule has 0 saturated heterocycles. The first-order valence-electron chi connectivity index (χ1n) is 2.99. The van der Waals surface area contributed by atoms with E-state index in [0.717, 1.165) is 0 Å². The van der Waals surface area contributed by atoms with Gasteiger partial charge in [-0.05, 0) is 6.07 Å². The van der Waals surface area contributed by atoms with Crippen LogP contribution in [0.15, 0.2) is 24.5 Å². The van der Waals surface area contributed by atoms with E-state index in [4.69, 9.17) is 11.6 Å². The van der Waals surface area contributed by atoms with E-state index < -0.39 is 6.09 Å². The van der Waals surface area contributed by atoms with Gasteiger partial charge in [-0.2, -0.15) is 4.79 Å². The maximum Gasteiger partial charge on any atom is 0.601 e. The highest BCUT2D eigenvalue weighted by molar-refractivity contribution is 6.30. The Kier molecular flexibility index (Phi) is 2.44. The molecule has 0 spiro atoms. The van der Waals surface area contributed by atoms with E-state index in [1.54, 1.807) is 18.3 Å². The van der Waals surface area contributed by atoms with E-state index in [1.807, 2.05) is 0 Å². The van der Waals surface area contributed by atoms with Crippen molar-refractivity contribution in [3.05, 3.63) is 29.5 Å². The lowest BCUT2D eigenvalue weighted by Crippen LogP contribution is -2.41. The minimum absolute atomic E-state index is 0.451. The maximum atomic E-state index is 10.8. The summed E-state index contributed by atoms with van der Waals surface area (Å²) in [6.07, 6.45) is 2.60. The zero-order chi connectivity index (χ0) is 8.27. The number of rotatable bonds is 0. The van der Waals surface area contributed by atoms with Gasteiger partial charge in [-0.15, -0.1) is 0 Å². The molecule has 3 nitrogen and oxygen atoms in total. The van der Waals surface area contributed by atoms with Gasteiger partial charge < -0.3 is 4.74 Å². The molecule has 0 aliphatic carbocycles. The van der Waals surface area contributed by atoms with Crippen molar-refractivity contribution in [2.24, 2.45) is 0 Å². The van der Waals surface area contributed by atoms with Gasteiger partial charge in [0.2, 0.25) is 0 Å². The second kappa shape index (κ2) is 3.34. The molecule has 0 unspecified atom stereocenters. The quantitative estimate of drug-likeness (QED) is 0.552. The average molecular weight is 173 g/mol. The predicted octanol–water partition coefficient (Wildman–Crippen LogP) is 1.24. The molecule has 0 bridgehead atoms. The largest absolute Gasteiger partial charge is 0.601 e. The fourth-order valence-electron chi connectivity index (χ4n) is 0.666. The van der Waals surface area contributed by atoms with Crippen molar-refractivity contribution in [2.45, 2.75) is 0 Å². The van der Waals surface area contributed by atoms with Crippen molar-refractivity contribution < 1.29 is 14.1 Å². The molecule has 0 saturated carbocycles. The first kappa shape index (κ1) is 8.01. The van der Waals surface area contributed by atoms with Gasteiger partial charge in [-0.3, -0.25) is 0 Å². The van der Waals surface area contributed by atoms with Crippen molar-refractivity contribution in [2.75, 3.05) is 7.11 Å². The van der Waals surface area contributed by atoms with Gasteiger partial charge in [0, 0.05) is 6.07 Å². The zero-order valence-corrected chi connectivity index (χ0v) is 6.71. The number of nitrogens with zero attached hydrogens (tertiary/aromatic N) is 1. The fraction of sp³-hybridized carbons (Fsp3) is 0.143. The number of ether oxygens (including phenoxy) is 1. The van der Waals surface area contributed by atoms with E-state index in [-0.39, 0.29) is 0 Å². The monoisotopic (exact) mass is 172 g/mol. The molecule has 0 amide bonds. The van der Waals surface area contributed by atoms with Crippen LogP contribution in [0.5, 0.6) is 0 Å². The summed E-state index contributed by atoms with van der Waals surface area (Å²) in [5, 5.41) is 0.498. The van der Waals surface area contributed by atoms with Gasteiger partial charge in [-0.25, -0.2) is 0 Å². The van der Waals surface area contributed by atoms with Crippen molar-refractivity contribution in [3.8, 4) is 0 Å². The van der Waals surface area contributed by atoms with E-state index in [1.165, 1.54) is 17.9 Å². The Hall–Kier alpha value is -1.09. The summed E-state index contributed by atoms with van der Waals surface area (Å²) in [5.74, 6) is 0. The molecule has 1 aromatic rings. The third-order valence-corrected chi connectivity index (χ3v) is 1.37. The molecule has 1 aromatic heterocycles. The first-order chi connectivity index (χ1) is 5.24. The first-order valence-corrected chi connectivity index (χ1v) is 3.37. The topological polar surface area (TPSA) is 30.2 Å². The fourth-order valence-corrected chi connectivity index (χ4v) is 0.843. The standard InChI is InChI=1S/C7H7ClNO2/c1-11-7(10)9-4-2-3-6(8)5-9/h2-5H,1H3/q+1. The SMILES string of the molecule is COC(=O)[n+]1cccc(Cl)c1. The average Bonchev–Trinajstić information content (AvgIpc) is 2.03. The van der Waals surface area contributed by atoms with Crippen LogP contribution in [-0.4, -0.2) is 13.2 Å². The number of hydrogen-bond acceptors (Lipinski definition) is 2. The summed E-state index contributed by atoms with van der Waals surface area (Å²) >= 11 is 5.62. The van der Waals surface area contributed by atoms with Gasteiger partial charge in [-0.1, -0.05) is 16.2 Å². The number of halogens is 1. The van der Waals surface area contributed by atoms with Crippen LogP contribution in [0.4, 0.5) is 4.79 Å². The van der Waals surface area contributed by atoms with Crippen molar-refractivity contribution >= 4 is 17.7 Å². The van der Waals surface area contributed by atoms with Crippen LogP contribution in [0, 0.1) is 0 Å². The number of aromatic nitrogens is 1. The molecule has 0 radical (unpaired) electrons. The summed E-state index contributed by atoms with van der Waals surface area (Å²) < 4.78 is 5.72. The number of carbonyl (C=O) groups excluding carboxylic acids is 1. The summed E-state index contributed by atoms with van der Waals surface area (Å²) in [6.45, 7) is 0. The molecule has 0 aliphatic rings. The molecule has 11 heavy (non-hydrogen) atoms. The van der Waals surface area contributed by atoms with Crippen molar-refractivity contribution in [1.82, 2.24) is 0 Å². The van der Waals surface area contributed by atoms with Crippen LogP contribution in [-0.2, 0) is 4.74 Å². The summed E-state index contributed by atoms with van der Waals surface area (Å²) in [4.78, 5) is 10.8. The minimum atomic E-state index is -0.451. The lowest BCUT2D eigenvalue weighted by Gasteiger charge is -1.90. The van der Waals surface area contributed by atoms with Gasteiger partial charge in [0.05, 0.1) is 7.11 Å². The molecule has 1 rings (SSSR count). The summed E-state index contributed by atoms with van der Waals surface area (Å²) in [6, 6.07) is 3.35. The molecule has 0 aliphatic heterocycles. The van der Waals surface area contributed by atoms with Crippen molar-refractivity contribution in [1.29, 1.82) is 0 Å². The molecule has 0 aromatic carbocycles. The Morgan fingerprint density at radius 2 is 2.45 bits per heavy atom. The lowest BCUT2D eigenvalue weighted by atomic mass is 10.5. The van der Waals surface area contributed by atoms with Gasteiger partial charge in [0.15, 0.2) is 12.4 Å². The Morgan fingerprint density at radius 3 is 3.00 bits per heavy atom. The predicted molar refractivity (Wildman–Crippen MR) is 39.5 cm³/mol. The second-order valence-corrected chi connectivity index (χ2v) is 2.34. The molecular weight excluding hydrogens is 166 g/mol. The van der Waals surface area contributed by atoms with Gasteiger partial charge >= 0.3 is 6.09 Å².